The second-order valence-electron chi connectivity index (χ2n) is 8.26. The van der Waals surface area contributed by atoms with Gasteiger partial charge in [-0.15, -0.1) is 0 Å². The first-order valence-corrected chi connectivity index (χ1v) is 12.2. The monoisotopic (exact) mass is 441 g/mol. The van der Waals surface area contributed by atoms with E-state index in [4.69, 9.17) is 4.74 Å². The highest BCUT2D eigenvalue weighted by atomic mass is 32.2. The van der Waals surface area contributed by atoms with E-state index in [9.17, 15) is 4.39 Å². The number of benzene rings is 2. The molecule has 1 aliphatic heterocycles. The molecule has 31 heavy (non-hydrogen) atoms. The molecule has 1 fully saturated rings. The predicted octanol–water partition coefficient (Wildman–Crippen LogP) is 5.70. The Hall–Kier alpha value is -2.02. The molecule has 2 heterocycles. The number of ether oxygens (including phenoxy) is 1. The van der Waals surface area contributed by atoms with E-state index in [0.717, 1.165) is 55.0 Å². The van der Waals surface area contributed by atoms with Gasteiger partial charge in [-0.3, -0.25) is 4.72 Å². The highest BCUT2D eigenvalue weighted by molar-refractivity contribution is 7.97. The third-order valence-electron chi connectivity index (χ3n) is 5.95. The number of aromatic nitrogens is 1. The molecule has 2 aromatic carbocycles. The molecule has 0 bridgehead atoms. The Kier molecular flexibility index (Phi) is 8.27. The van der Waals surface area contributed by atoms with E-state index >= 15 is 0 Å². The lowest BCUT2D eigenvalue weighted by Crippen LogP contribution is -2.27. The van der Waals surface area contributed by atoms with Crippen LogP contribution in [0.25, 0.3) is 10.9 Å². The van der Waals surface area contributed by atoms with Gasteiger partial charge in [0.25, 0.3) is 0 Å². The van der Waals surface area contributed by atoms with Gasteiger partial charge >= 0.3 is 0 Å². The van der Waals surface area contributed by atoms with Gasteiger partial charge in [0.05, 0.1) is 6.61 Å². The molecule has 0 aliphatic carbocycles. The van der Waals surface area contributed by atoms with Crippen molar-refractivity contribution in [2.24, 2.45) is 5.92 Å². The van der Waals surface area contributed by atoms with Crippen LogP contribution in [0.5, 0.6) is 5.75 Å². The summed E-state index contributed by atoms with van der Waals surface area (Å²) in [5, 5.41) is 4.41. The molecule has 1 aliphatic rings. The van der Waals surface area contributed by atoms with Crippen molar-refractivity contribution in [1.82, 2.24) is 15.0 Å². The number of fused-ring (bicyclic) bond motifs is 1. The molecule has 3 N–H and O–H groups in total. The number of aromatic amines is 1. The molecule has 4 rings (SSSR count). The number of hydrogen-bond donors (Lipinski definition) is 3. The first-order valence-electron chi connectivity index (χ1n) is 11.4. The van der Waals surface area contributed by atoms with Gasteiger partial charge in [-0.2, -0.15) is 0 Å². The third-order valence-corrected chi connectivity index (χ3v) is 6.81. The molecular formula is C25H32FN3OS. The lowest BCUT2D eigenvalue weighted by molar-refractivity contribution is 0.273. The van der Waals surface area contributed by atoms with Crippen molar-refractivity contribution in [1.29, 1.82) is 0 Å². The van der Waals surface area contributed by atoms with Crippen molar-refractivity contribution in [3.8, 4) is 5.75 Å². The largest absolute Gasteiger partial charge is 0.494 e. The molecule has 0 unspecified atom stereocenters. The van der Waals surface area contributed by atoms with E-state index in [1.807, 2.05) is 6.20 Å². The molecule has 3 aromatic rings. The molecule has 4 nitrogen and oxygen atoms in total. The lowest BCUT2D eigenvalue weighted by atomic mass is 9.93. The van der Waals surface area contributed by atoms with Crippen LogP contribution in [0.1, 0.15) is 37.7 Å². The molecule has 6 heteroatoms. The molecule has 0 atom stereocenters. The molecule has 1 aromatic heterocycles. The first kappa shape index (κ1) is 22.2. The van der Waals surface area contributed by atoms with Crippen molar-refractivity contribution < 1.29 is 9.13 Å². The van der Waals surface area contributed by atoms with Crippen LogP contribution < -0.4 is 14.8 Å². The minimum atomic E-state index is -0.184. The molecule has 0 amide bonds. The normalized spacial score (nSPS) is 14.9. The van der Waals surface area contributed by atoms with E-state index < -0.39 is 0 Å². The summed E-state index contributed by atoms with van der Waals surface area (Å²) >= 11 is 1.64. The number of H-pyrrole nitrogens is 1. The van der Waals surface area contributed by atoms with Crippen molar-refractivity contribution in [2.45, 2.75) is 43.4 Å². The summed E-state index contributed by atoms with van der Waals surface area (Å²) in [5.41, 5.74) is 2.16. The first-order chi connectivity index (χ1) is 15.3. The molecule has 0 saturated carbocycles. The number of rotatable bonds is 11. The van der Waals surface area contributed by atoms with Gasteiger partial charge in [0.2, 0.25) is 0 Å². The lowest BCUT2D eigenvalue weighted by Gasteiger charge is -2.22. The Morgan fingerprint density at radius 3 is 2.74 bits per heavy atom. The fourth-order valence-electron chi connectivity index (χ4n) is 4.18. The zero-order valence-electron chi connectivity index (χ0n) is 18.0. The maximum Gasteiger partial charge on any atom is 0.123 e. The summed E-state index contributed by atoms with van der Waals surface area (Å²) in [4.78, 5) is 4.39. The molecular weight excluding hydrogens is 409 g/mol. The zero-order chi connectivity index (χ0) is 21.3. The van der Waals surface area contributed by atoms with E-state index in [1.54, 1.807) is 24.1 Å². The Morgan fingerprint density at radius 2 is 1.90 bits per heavy atom. The molecule has 0 spiro atoms. The third kappa shape index (κ3) is 6.73. The standard InChI is InChI=1S/C25H32FN3OS/c26-21-5-10-25-24(17-21)20(18-28-25)4-1-13-29-31-23-8-6-22(7-9-23)30-16-2-3-19-11-14-27-15-12-19/h5-10,17-19,27-29H,1-4,11-16H2. The summed E-state index contributed by atoms with van der Waals surface area (Å²) < 4.78 is 22.8. The van der Waals surface area contributed by atoms with Gasteiger partial charge in [-0.25, -0.2) is 4.39 Å². The van der Waals surface area contributed by atoms with Crippen LogP contribution in [0.4, 0.5) is 4.39 Å². The fraction of sp³-hybridized carbons (Fsp3) is 0.440. The van der Waals surface area contributed by atoms with Gasteiger partial charge in [-0.05, 0) is 118 Å². The quantitative estimate of drug-likeness (QED) is 0.264. The number of halogens is 1. The highest BCUT2D eigenvalue weighted by Gasteiger charge is 2.12. The zero-order valence-corrected chi connectivity index (χ0v) is 18.8. The average Bonchev–Trinajstić information content (AvgIpc) is 3.20. The van der Waals surface area contributed by atoms with Crippen molar-refractivity contribution in [2.75, 3.05) is 26.2 Å². The number of nitrogens with one attached hydrogen (secondary N) is 3. The minimum absolute atomic E-state index is 0.184. The fourth-order valence-corrected chi connectivity index (χ4v) is 4.86. The van der Waals surface area contributed by atoms with E-state index in [2.05, 4.69) is 39.3 Å². The molecule has 0 radical (unpaired) electrons. The van der Waals surface area contributed by atoms with Crippen LogP contribution in [-0.2, 0) is 6.42 Å². The summed E-state index contributed by atoms with van der Waals surface area (Å²) in [6.45, 7) is 4.03. The van der Waals surface area contributed by atoms with Crippen molar-refractivity contribution in [3.63, 3.8) is 0 Å². The van der Waals surface area contributed by atoms with Crippen LogP contribution >= 0.6 is 11.9 Å². The molecule has 1 saturated heterocycles. The van der Waals surface area contributed by atoms with Crippen LogP contribution in [0.3, 0.4) is 0 Å². The second-order valence-corrected chi connectivity index (χ2v) is 9.22. The SMILES string of the molecule is Fc1ccc2[nH]cc(CCCNSc3ccc(OCCCC4CCNCC4)cc3)c2c1. The number of piperidine rings is 1. The maximum absolute atomic E-state index is 13.5. The topological polar surface area (TPSA) is 49.1 Å². The van der Waals surface area contributed by atoms with Crippen molar-refractivity contribution in [3.05, 3.63) is 60.0 Å². The highest BCUT2D eigenvalue weighted by Crippen LogP contribution is 2.22. The second kappa shape index (κ2) is 11.6. The van der Waals surface area contributed by atoms with E-state index in [0.29, 0.717) is 0 Å². The number of hydrogen-bond acceptors (Lipinski definition) is 4. The van der Waals surface area contributed by atoms with E-state index in [1.165, 1.54) is 48.9 Å². The predicted molar refractivity (Wildman–Crippen MR) is 127 cm³/mol. The average molecular weight is 442 g/mol. The minimum Gasteiger partial charge on any atom is -0.494 e. The van der Waals surface area contributed by atoms with Crippen LogP contribution in [0.2, 0.25) is 0 Å². The summed E-state index contributed by atoms with van der Waals surface area (Å²) in [6, 6.07) is 13.2. The Balaban J connectivity index is 1.11. The summed E-state index contributed by atoms with van der Waals surface area (Å²) in [7, 11) is 0. The van der Waals surface area contributed by atoms with Gasteiger partial charge in [0, 0.05) is 28.5 Å². The summed E-state index contributed by atoms with van der Waals surface area (Å²) in [6.07, 6.45) is 8.91. The van der Waals surface area contributed by atoms with Gasteiger partial charge in [0.15, 0.2) is 0 Å². The summed E-state index contributed by atoms with van der Waals surface area (Å²) in [5.74, 6) is 1.63. The number of aryl methyl sites for hydroxylation is 1. The van der Waals surface area contributed by atoms with Gasteiger partial charge in [-0.1, -0.05) is 0 Å². The molecule has 166 valence electrons. The van der Waals surface area contributed by atoms with Gasteiger partial charge in [0.1, 0.15) is 11.6 Å². The van der Waals surface area contributed by atoms with Crippen LogP contribution in [-0.4, -0.2) is 31.2 Å². The van der Waals surface area contributed by atoms with E-state index in [-0.39, 0.29) is 5.82 Å². The Morgan fingerprint density at radius 1 is 1.06 bits per heavy atom. The van der Waals surface area contributed by atoms with Crippen LogP contribution in [0, 0.1) is 11.7 Å². The van der Waals surface area contributed by atoms with Crippen LogP contribution in [0.15, 0.2) is 53.6 Å². The smallest absolute Gasteiger partial charge is 0.123 e. The van der Waals surface area contributed by atoms with Gasteiger partial charge < -0.3 is 15.0 Å². The maximum atomic E-state index is 13.5. The Labute approximate surface area is 188 Å². The van der Waals surface area contributed by atoms with Crippen molar-refractivity contribution >= 4 is 22.9 Å². The Bertz CT molecular complexity index is 938.